The first-order valence-electron chi connectivity index (χ1n) is 10.0. The van der Waals surface area contributed by atoms with E-state index in [2.05, 4.69) is 25.8 Å². The van der Waals surface area contributed by atoms with Crippen LogP contribution < -0.4 is 9.80 Å². The first kappa shape index (κ1) is 20.1. The predicted molar refractivity (Wildman–Crippen MR) is 118 cm³/mol. The number of hydrogen-bond acceptors (Lipinski definition) is 8. The van der Waals surface area contributed by atoms with Crippen LogP contribution in [0.4, 0.5) is 11.5 Å². The second kappa shape index (κ2) is 8.67. The summed E-state index contributed by atoms with van der Waals surface area (Å²) in [4.78, 5) is 27.3. The van der Waals surface area contributed by atoms with Gasteiger partial charge in [-0.2, -0.15) is 5.26 Å². The van der Waals surface area contributed by atoms with Crippen LogP contribution in [0.2, 0.25) is 0 Å². The molecule has 0 N–H and O–H groups in total. The van der Waals surface area contributed by atoms with E-state index in [0.717, 1.165) is 59.9 Å². The number of hydrogen-bond donors (Lipinski definition) is 0. The molecule has 0 amide bonds. The van der Waals surface area contributed by atoms with Crippen molar-refractivity contribution in [1.29, 1.82) is 5.26 Å². The topological polar surface area (TPSA) is 82.3 Å². The summed E-state index contributed by atoms with van der Waals surface area (Å²) in [6.45, 7) is 7.58. The Morgan fingerprint density at radius 2 is 1.90 bits per heavy atom. The molecule has 2 aromatic heterocycles. The smallest absolute Gasteiger partial charge is 0.348 e. The van der Waals surface area contributed by atoms with E-state index in [9.17, 15) is 4.79 Å². The highest BCUT2D eigenvalue weighted by Crippen LogP contribution is 2.35. The van der Waals surface area contributed by atoms with Gasteiger partial charge in [0.15, 0.2) is 0 Å². The Balaban J connectivity index is 1.59. The number of ether oxygens (including phenoxy) is 1. The van der Waals surface area contributed by atoms with Crippen molar-refractivity contribution >= 4 is 39.0 Å². The molecule has 0 bridgehead atoms. The summed E-state index contributed by atoms with van der Waals surface area (Å²) in [5.41, 5.74) is 2.68. The number of fused-ring (bicyclic) bond motifs is 1. The maximum Gasteiger partial charge on any atom is 0.348 e. The molecular formula is C22H23N5O2S. The van der Waals surface area contributed by atoms with Gasteiger partial charge in [0.25, 0.3) is 0 Å². The van der Waals surface area contributed by atoms with Gasteiger partial charge >= 0.3 is 5.97 Å². The third kappa shape index (κ3) is 3.81. The molecule has 1 saturated heterocycles. The fraction of sp³-hybridized carbons (Fsp3) is 0.364. The molecule has 8 heteroatoms. The minimum absolute atomic E-state index is 0.299. The van der Waals surface area contributed by atoms with Crippen molar-refractivity contribution in [2.75, 3.05) is 42.6 Å². The van der Waals surface area contributed by atoms with Crippen molar-refractivity contribution in [3.63, 3.8) is 0 Å². The Morgan fingerprint density at radius 3 is 2.63 bits per heavy atom. The first-order valence-corrected chi connectivity index (χ1v) is 10.8. The molecule has 4 rings (SSSR count). The Labute approximate surface area is 179 Å². The molecule has 1 aliphatic rings. The lowest BCUT2D eigenvalue weighted by atomic mass is 10.2. The monoisotopic (exact) mass is 421 g/mol. The molecule has 3 aromatic rings. The van der Waals surface area contributed by atoms with Gasteiger partial charge in [0.2, 0.25) is 0 Å². The van der Waals surface area contributed by atoms with E-state index in [4.69, 9.17) is 10.00 Å². The van der Waals surface area contributed by atoms with Crippen LogP contribution in [0, 0.1) is 18.3 Å². The Morgan fingerprint density at radius 1 is 1.17 bits per heavy atom. The van der Waals surface area contributed by atoms with Gasteiger partial charge < -0.3 is 14.5 Å². The largest absolute Gasteiger partial charge is 0.462 e. The molecular weight excluding hydrogens is 398 g/mol. The lowest BCUT2D eigenvalue weighted by molar-refractivity contribution is 0.0531. The number of anilines is 2. The van der Waals surface area contributed by atoms with Gasteiger partial charge in [0, 0.05) is 31.9 Å². The van der Waals surface area contributed by atoms with Crippen molar-refractivity contribution in [2.24, 2.45) is 0 Å². The van der Waals surface area contributed by atoms with Crippen LogP contribution in [0.5, 0.6) is 0 Å². The van der Waals surface area contributed by atoms with Gasteiger partial charge in [-0.25, -0.2) is 14.8 Å². The molecule has 1 aliphatic heterocycles. The van der Waals surface area contributed by atoms with Crippen LogP contribution >= 0.6 is 11.3 Å². The summed E-state index contributed by atoms with van der Waals surface area (Å²) in [5, 5.41) is 9.95. The Kier molecular flexibility index (Phi) is 5.81. The highest BCUT2D eigenvalue weighted by atomic mass is 32.1. The number of carbonyl (C=O) groups excluding carboxylic acids is 1. The number of esters is 1. The number of thiophene rings is 1. The molecule has 0 saturated carbocycles. The van der Waals surface area contributed by atoms with Crippen molar-refractivity contribution in [2.45, 2.75) is 20.3 Å². The number of nitriles is 1. The van der Waals surface area contributed by atoms with Crippen molar-refractivity contribution in [3.05, 3.63) is 46.6 Å². The highest BCUT2D eigenvalue weighted by molar-refractivity contribution is 7.20. The second-order valence-electron chi connectivity index (χ2n) is 7.14. The van der Waals surface area contributed by atoms with Gasteiger partial charge in [-0.05, 0) is 50.1 Å². The second-order valence-corrected chi connectivity index (χ2v) is 8.14. The van der Waals surface area contributed by atoms with E-state index in [1.54, 1.807) is 6.33 Å². The zero-order chi connectivity index (χ0) is 21.1. The van der Waals surface area contributed by atoms with Crippen LogP contribution in [-0.4, -0.2) is 48.7 Å². The van der Waals surface area contributed by atoms with Crippen molar-refractivity contribution in [3.8, 4) is 6.07 Å². The van der Waals surface area contributed by atoms with Crippen LogP contribution in [0.25, 0.3) is 10.2 Å². The molecule has 0 atom stereocenters. The fourth-order valence-electron chi connectivity index (χ4n) is 3.82. The van der Waals surface area contributed by atoms with Crippen LogP contribution in [0.3, 0.4) is 0 Å². The highest BCUT2D eigenvalue weighted by Gasteiger charge is 2.24. The van der Waals surface area contributed by atoms with E-state index in [1.807, 2.05) is 38.1 Å². The third-order valence-electron chi connectivity index (χ3n) is 5.32. The van der Waals surface area contributed by atoms with E-state index in [0.29, 0.717) is 17.0 Å². The molecule has 1 fully saturated rings. The molecule has 30 heavy (non-hydrogen) atoms. The summed E-state index contributed by atoms with van der Waals surface area (Å²) < 4.78 is 5.21. The van der Waals surface area contributed by atoms with Crippen LogP contribution in [-0.2, 0) is 4.74 Å². The number of benzene rings is 1. The minimum Gasteiger partial charge on any atom is -0.462 e. The molecule has 154 valence electrons. The van der Waals surface area contributed by atoms with E-state index < -0.39 is 0 Å². The van der Waals surface area contributed by atoms with E-state index in [-0.39, 0.29) is 5.97 Å². The quantitative estimate of drug-likeness (QED) is 0.593. The molecule has 3 heterocycles. The fourth-order valence-corrected chi connectivity index (χ4v) is 4.86. The number of carbonyl (C=O) groups is 1. The zero-order valence-electron chi connectivity index (χ0n) is 17.1. The third-order valence-corrected chi connectivity index (χ3v) is 6.50. The van der Waals surface area contributed by atoms with Crippen molar-refractivity contribution in [1.82, 2.24) is 9.97 Å². The first-order chi connectivity index (χ1) is 14.6. The molecule has 0 radical (unpaired) electrons. The summed E-state index contributed by atoms with van der Waals surface area (Å²) in [6, 6.07) is 9.89. The number of aryl methyl sites for hydroxylation is 1. The van der Waals surface area contributed by atoms with Gasteiger partial charge in [0.05, 0.1) is 23.6 Å². The van der Waals surface area contributed by atoms with Gasteiger partial charge in [-0.15, -0.1) is 11.3 Å². The van der Waals surface area contributed by atoms with Crippen molar-refractivity contribution < 1.29 is 9.53 Å². The number of nitrogens with zero attached hydrogens (tertiary/aromatic N) is 5. The average molecular weight is 422 g/mol. The van der Waals surface area contributed by atoms with E-state index in [1.165, 1.54) is 11.3 Å². The maximum absolute atomic E-state index is 12.3. The summed E-state index contributed by atoms with van der Waals surface area (Å²) in [7, 11) is 0. The summed E-state index contributed by atoms with van der Waals surface area (Å²) in [6.07, 6.45) is 2.56. The predicted octanol–water partition coefficient (Wildman–Crippen LogP) is 3.76. The molecule has 0 spiro atoms. The maximum atomic E-state index is 12.3. The van der Waals surface area contributed by atoms with Gasteiger partial charge in [-0.1, -0.05) is 0 Å². The summed E-state index contributed by atoms with van der Waals surface area (Å²) in [5.74, 6) is 0.581. The molecule has 7 nitrogen and oxygen atoms in total. The Hall–Kier alpha value is -3.18. The van der Waals surface area contributed by atoms with Gasteiger partial charge in [-0.3, -0.25) is 0 Å². The van der Waals surface area contributed by atoms with E-state index >= 15 is 0 Å². The number of rotatable bonds is 4. The molecule has 1 aromatic carbocycles. The standard InChI is InChI=1S/C22H23N5O2S/c1-3-29-22(28)19-15(2)18-20(24-14-25-21(18)30-19)27-10-4-9-26(11-12-27)17-7-5-16(13-23)6-8-17/h5-8,14H,3-4,9-12H2,1-2H3. The Bertz CT molecular complexity index is 1100. The lowest BCUT2D eigenvalue weighted by Crippen LogP contribution is -2.31. The van der Waals surface area contributed by atoms with Gasteiger partial charge in [0.1, 0.15) is 21.9 Å². The number of aromatic nitrogens is 2. The normalized spacial score (nSPS) is 14.4. The SMILES string of the molecule is CCOC(=O)c1sc2ncnc(N3CCCN(c4ccc(C#N)cc4)CC3)c2c1C. The average Bonchev–Trinajstić information content (AvgIpc) is 2.95. The van der Waals surface area contributed by atoms with Crippen LogP contribution in [0.15, 0.2) is 30.6 Å². The molecule has 0 unspecified atom stereocenters. The van der Waals surface area contributed by atoms with Crippen LogP contribution in [0.1, 0.15) is 34.1 Å². The summed E-state index contributed by atoms with van der Waals surface area (Å²) >= 11 is 1.37. The minimum atomic E-state index is -0.299. The molecule has 0 aliphatic carbocycles. The zero-order valence-corrected chi connectivity index (χ0v) is 17.9. The lowest BCUT2D eigenvalue weighted by Gasteiger charge is -2.24.